The van der Waals surface area contributed by atoms with Gasteiger partial charge in [0.15, 0.2) is 0 Å². The van der Waals surface area contributed by atoms with Crippen LogP contribution >= 0.6 is 43.2 Å². The van der Waals surface area contributed by atoms with Crippen LogP contribution in [-0.2, 0) is 0 Å². The minimum absolute atomic E-state index is 0.0442. The summed E-state index contributed by atoms with van der Waals surface area (Å²) in [6.45, 7) is 0.563. The number of halogens is 2. The number of hydrogen-bond acceptors (Lipinski definition) is 2. The summed E-state index contributed by atoms with van der Waals surface area (Å²) in [6.07, 6.45) is 0. The monoisotopic (exact) mass is 387 g/mol. The van der Waals surface area contributed by atoms with Gasteiger partial charge in [-0.3, -0.25) is 4.79 Å². The van der Waals surface area contributed by atoms with Gasteiger partial charge >= 0.3 is 0 Å². The van der Waals surface area contributed by atoms with Crippen LogP contribution in [0.2, 0.25) is 0 Å². The molecule has 0 spiro atoms. The molecule has 5 heteroatoms. The van der Waals surface area contributed by atoms with Crippen molar-refractivity contribution in [2.45, 2.75) is 4.83 Å². The van der Waals surface area contributed by atoms with E-state index in [2.05, 4.69) is 37.2 Å². The third-order valence-electron chi connectivity index (χ3n) is 2.43. The lowest BCUT2D eigenvalue weighted by Crippen LogP contribution is -2.26. The molecule has 2 rings (SSSR count). The molecule has 1 amide bonds. The zero-order valence-corrected chi connectivity index (χ0v) is 13.4. The van der Waals surface area contributed by atoms with E-state index in [0.29, 0.717) is 11.4 Å². The molecule has 0 saturated heterocycles. The highest BCUT2D eigenvalue weighted by Crippen LogP contribution is 2.24. The summed E-state index contributed by atoms with van der Waals surface area (Å²) in [5, 5.41) is 4.81. The van der Waals surface area contributed by atoms with Crippen LogP contribution < -0.4 is 5.32 Å². The third kappa shape index (κ3) is 3.43. The Hall–Kier alpha value is -0.650. The zero-order valence-electron chi connectivity index (χ0n) is 9.40. The molecule has 0 radical (unpaired) electrons. The predicted molar refractivity (Wildman–Crippen MR) is 82.5 cm³/mol. The Morgan fingerprint density at radius 3 is 2.61 bits per heavy atom. The quantitative estimate of drug-likeness (QED) is 0.773. The smallest absolute Gasteiger partial charge is 0.262 e. The molecule has 1 heterocycles. The van der Waals surface area contributed by atoms with Crippen LogP contribution in [0.15, 0.2) is 46.3 Å². The molecule has 1 aromatic heterocycles. The second-order valence-electron chi connectivity index (χ2n) is 3.69. The van der Waals surface area contributed by atoms with E-state index in [1.54, 1.807) is 0 Å². The molecule has 1 N–H and O–H groups in total. The van der Waals surface area contributed by atoms with Crippen molar-refractivity contribution >= 4 is 49.1 Å². The third-order valence-corrected chi connectivity index (χ3v) is 5.12. The van der Waals surface area contributed by atoms with Gasteiger partial charge in [0.05, 0.1) is 4.83 Å². The molecule has 2 nitrogen and oxygen atoms in total. The van der Waals surface area contributed by atoms with Gasteiger partial charge in [0.1, 0.15) is 4.88 Å². The van der Waals surface area contributed by atoms with Crippen LogP contribution in [0.25, 0.3) is 0 Å². The van der Waals surface area contributed by atoms with E-state index in [4.69, 9.17) is 0 Å². The second-order valence-corrected chi connectivity index (χ2v) is 6.56. The van der Waals surface area contributed by atoms with Crippen LogP contribution in [0, 0.1) is 0 Å². The minimum atomic E-state index is -0.0442. The van der Waals surface area contributed by atoms with Crippen molar-refractivity contribution in [3.63, 3.8) is 0 Å². The standard InChI is InChI=1S/C13H11Br2NOS/c14-10-6-7-18-12(10)13(17)16-8-11(15)9-4-2-1-3-5-9/h1-7,11H,8H2,(H,16,17). The maximum Gasteiger partial charge on any atom is 0.262 e. The van der Waals surface area contributed by atoms with E-state index in [9.17, 15) is 4.79 Å². The van der Waals surface area contributed by atoms with E-state index in [1.807, 2.05) is 41.8 Å². The van der Waals surface area contributed by atoms with Gasteiger partial charge in [-0.05, 0) is 32.9 Å². The molecule has 0 aliphatic rings. The highest BCUT2D eigenvalue weighted by Gasteiger charge is 2.13. The van der Waals surface area contributed by atoms with Gasteiger partial charge in [-0.25, -0.2) is 0 Å². The summed E-state index contributed by atoms with van der Waals surface area (Å²) in [5.74, 6) is -0.0442. The van der Waals surface area contributed by atoms with Gasteiger partial charge in [-0.2, -0.15) is 0 Å². The summed E-state index contributed by atoms with van der Waals surface area (Å²) in [5.41, 5.74) is 1.16. The highest BCUT2D eigenvalue weighted by molar-refractivity contribution is 9.10. The Labute approximate surface area is 127 Å². The molecule has 0 aliphatic carbocycles. The Morgan fingerprint density at radius 2 is 2.00 bits per heavy atom. The van der Waals surface area contributed by atoms with Crippen LogP contribution in [-0.4, -0.2) is 12.5 Å². The minimum Gasteiger partial charge on any atom is -0.350 e. The molecule has 0 fully saturated rings. The normalized spacial score (nSPS) is 12.1. The lowest BCUT2D eigenvalue weighted by atomic mass is 10.1. The highest BCUT2D eigenvalue weighted by atomic mass is 79.9. The van der Waals surface area contributed by atoms with E-state index >= 15 is 0 Å². The van der Waals surface area contributed by atoms with Gasteiger partial charge < -0.3 is 5.32 Å². The molecular formula is C13H11Br2NOS. The first kappa shape index (κ1) is 13.8. The summed E-state index contributed by atoms with van der Waals surface area (Å²) in [6, 6.07) is 11.9. The topological polar surface area (TPSA) is 29.1 Å². The maximum absolute atomic E-state index is 11.9. The first-order valence-electron chi connectivity index (χ1n) is 5.38. The first-order valence-corrected chi connectivity index (χ1v) is 7.97. The van der Waals surface area contributed by atoms with Gasteiger partial charge in [-0.15, -0.1) is 11.3 Å². The fourth-order valence-electron chi connectivity index (χ4n) is 1.50. The van der Waals surface area contributed by atoms with Gasteiger partial charge in [0, 0.05) is 11.0 Å². The van der Waals surface area contributed by atoms with Crippen molar-refractivity contribution in [1.82, 2.24) is 5.32 Å². The van der Waals surface area contributed by atoms with Crippen molar-refractivity contribution in [1.29, 1.82) is 0 Å². The van der Waals surface area contributed by atoms with Gasteiger partial charge in [0.25, 0.3) is 5.91 Å². The fraction of sp³-hybridized carbons (Fsp3) is 0.154. The van der Waals surface area contributed by atoms with Gasteiger partial charge in [-0.1, -0.05) is 46.3 Å². The van der Waals surface area contributed by atoms with Crippen molar-refractivity contribution in [2.75, 3.05) is 6.54 Å². The number of rotatable bonds is 4. The number of amides is 1. The lowest BCUT2D eigenvalue weighted by molar-refractivity contribution is 0.0957. The molecule has 0 bridgehead atoms. The fourth-order valence-corrected chi connectivity index (χ4v) is 3.43. The summed E-state index contributed by atoms with van der Waals surface area (Å²) in [4.78, 5) is 12.7. The lowest BCUT2D eigenvalue weighted by Gasteiger charge is -2.11. The number of nitrogens with one attached hydrogen (secondary N) is 1. The predicted octanol–water partition coefficient (Wildman–Crippen LogP) is 4.38. The number of alkyl halides is 1. The molecule has 1 atom stereocenters. The van der Waals surface area contributed by atoms with Crippen LogP contribution in [0.3, 0.4) is 0 Å². The molecule has 2 aromatic rings. The average molecular weight is 389 g/mol. The van der Waals surface area contributed by atoms with Crippen molar-refractivity contribution in [3.8, 4) is 0 Å². The Kier molecular flexibility index (Phi) is 4.97. The largest absolute Gasteiger partial charge is 0.350 e. The van der Waals surface area contributed by atoms with Crippen LogP contribution in [0.5, 0.6) is 0 Å². The number of hydrogen-bond donors (Lipinski definition) is 1. The van der Waals surface area contributed by atoms with E-state index < -0.39 is 0 Å². The Bertz CT molecular complexity index is 527. The average Bonchev–Trinajstić information content (AvgIpc) is 2.83. The first-order chi connectivity index (χ1) is 8.68. The van der Waals surface area contributed by atoms with E-state index in [1.165, 1.54) is 11.3 Å². The SMILES string of the molecule is O=C(NCC(Br)c1ccccc1)c1sccc1Br. The number of carbonyl (C=O) groups is 1. The van der Waals surface area contributed by atoms with E-state index in [0.717, 1.165) is 10.0 Å². The van der Waals surface area contributed by atoms with E-state index in [-0.39, 0.29) is 10.7 Å². The summed E-state index contributed by atoms with van der Waals surface area (Å²) in [7, 11) is 0. The zero-order chi connectivity index (χ0) is 13.0. The Balaban J connectivity index is 1.93. The van der Waals surface area contributed by atoms with Crippen LogP contribution in [0.4, 0.5) is 0 Å². The molecular weight excluding hydrogens is 378 g/mol. The molecule has 0 aliphatic heterocycles. The van der Waals surface area contributed by atoms with Crippen molar-refractivity contribution in [3.05, 3.63) is 56.7 Å². The van der Waals surface area contributed by atoms with Crippen molar-refractivity contribution < 1.29 is 4.79 Å². The number of thiophene rings is 1. The molecule has 18 heavy (non-hydrogen) atoms. The molecule has 1 unspecified atom stereocenters. The molecule has 94 valence electrons. The number of carbonyl (C=O) groups excluding carboxylic acids is 1. The van der Waals surface area contributed by atoms with Crippen molar-refractivity contribution in [2.24, 2.45) is 0 Å². The van der Waals surface area contributed by atoms with Gasteiger partial charge in [0.2, 0.25) is 0 Å². The molecule has 1 aromatic carbocycles. The summed E-state index contributed by atoms with van der Waals surface area (Å²) < 4.78 is 0.843. The number of benzene rings is 1. The van der Waals surface area contributed by atoms with Crippen LogP contribution in [0.1, 0.15) is 20.1 Å². The maximum atomic E-state index is 11.9. The molecule has 0 saturated carbocycles. The Morgan fingerprint density at radius 1 is 1.28 bits per heavy atom. The summed E-state index contributed by atoms with van der Waals surface area (Å²) >= 11 is 8.36. The second kappa shape index (κ2) is 6.50.